The van der Waals surface area contributed by atoms with Gasteiger partial charge >= 0.3 is 0 Å². The van der Waals surface area contributed by atoms with Crippen LogP contribution in [-0.2, 0) is 6.61 Å². The summed E-state index contributed by atoms with van der Waals surface area (Å²) in [6.07, 6.45) is 2.57. The van der Waals surface area contributed by atoms with Gasteiger partial charge in [0.05, 0.1) is 13.3 Å². The van der Waals surface area contributed by atoms with Crippen LogP contribution in [-0.4, -0.2) is 28.2 Å². The zero-order valence-electron chi connectivity index (χ0n) is 14.6. The molecule has 0 bridgehead atoms. The third-order valence-corrected chi connectivity index (χ3v) is 4.50. The van der Waals surface area contributed by atoms with Crippen molar-refractivity contribution in [1.82, 2.24) is 14.9 Å². The molecule has 0 radical (unpaired) electrons. The lowest BCUT2D eigenvalue weighted by molar-refractivity contribution is 0.284. The Morgan fingerprint density at radius 1 is 1.25 bits per heavy atom. The molecule has 0 aliphatic heterocycles. The van der Waals surface area contributed by atoms with Crippen molar-refractivity contribution in [2.75, 3.05) is 7.11 Å². The number of H-pyrrole nitrogens is 1. The van der Waals surface area contributed by atoms with E-state index in [1.807, 2.05) is 0 Å². The molecule has 0 fully saturated rings. The first kappa shape index (κ1) is 20.1. The van der Waals surface area contributed by atoms with E-state index in [1.165, 1.54) is 13.3 Å². The van der Waals surface area contributed by atoms with Gasteiger partial charge in [0, 0.05) is 15.6 Å². The molecule has 0 saturated carbocycles. The number of rotatable bonds is 6. The number of hydrogen-bond donors (Lipinski definition) is 1. The van der Waals surface area contributed by atoms with Gasteiger partial charge in [-0.1, -0.05) is 29.3 Å². The first-order valence-electron chi connectivity index (χ1n) is 7.94. The third kappa shape index (κ3) is 4.78. The molecule has 1 heterocycles. The Balaban J connectivity index is 1.79. The molecule has 144 valence electrons. The molecule has 0 atom stereocenters. The van der Waals surface area contributed by atoms with Crippen LogP contribution in [0.25, 0.3) is 0 Å². The van der Waals surface area contributed by atoms with Crippen LogP contribution in [0.3, 0.4) is 0 Å². The summed E-state index contributed by atoms with van der Waals surface area (Å²) in [6.45, 7) is 0.251. The van der Waals surface area contributed by atoms with E-state index in [9.17, 15) is 4.79 Å². The summed E-state index contributed by atoms with van der Waals surface area (Å²) in [5.74, 6) is 1.03. The van der Waals surface area contributed by atoms with Crippen molar-refractivity contribution < 1.29 is 9.47 Å². The fourth-order valence-electron chi connectivity index (χ4n) is 2.26. The Kier molecular flexibility index (Phi) is 6.45. The van der Waals surface area contributed by atoms with Gasteiger partial charge < -0.3 is 9.47 Å². The lowest BCUT2D eigenvalue weighted by Gasteiger charge is -2.12. The van der Waals surface area contributed by atoms with Crippen molar-refractivity contribution in [3.63, 3.8) is 0 Å². The number of methoxy groups -OCH3 is 1. The molecule has 0 unspecified atom stereocenters. The van der Waals surface area contributed by atoms with Crippen LogP contribution >= 0.6 is 35.4 Å². The van der Waals surface area contributed by atoms with Gasteiger partial charge in [-0.15, -0.1) is 0 Å². The van der Waals surface area contributed by atoms with E-state index in [2.05, 4.69) is 15.3 Å². The molecule has 0 aliphatic rings. The summed E-state index contributed by atoms with van der Waals surface area (Å²) in [7, 11) is 1.53. The number of aromatic nitrogens is 3. The molecule has 1 aromatic heterocycles. The average molecular weight is 437 g/mol. The minimum Gasteiger partial charge on any atom is -0.493 e. The predicted octanol–water partition coefficient (Wildman–Crippen LogP) is 4.08. The SMILES string of the molecule is COc1cc(/C=N/n2c(=O)cn[nH]c2=S)ccc1OCc1ccc(Cl)cc1Cl. The highest BCUT2D eigenvalue weighted by Gasteiger charge is 2.08. The molecule has 3 rings (SSSR count). The molecular weight excluding hydrogens is 423 g/mol. The molecule has 10 heteroatoms. The third-order valence-electron chi connectivity index (χ3n) is 3.64. The number of ether oxygens (including phenoxy) is 2. The summed E-state index contributed by atoms with van der Waals surface area (Å²) in [6, 6.07) is 10.4. The normalized spacial score (nSPS) is 11.0. The first-order chi connectivity index (χ1) is 13.5. The number of nitrogens with zero attached hydrogens (tertiary/aromatic N) is 3. The van der Waals surface area contributed by atoms with E-state index in [-0.39, 0.29) is 11.4 Å². The van der Waals surface area contributed by atoms with Crippen molar-refractivity contribution in [3.8, 4) is 11.5 Å². The van der Waals surface area contributed by atoms with Gasteiger partial charge in [-0.2, -0.15) is 14.9 Å². The molecule has 0 aliphatic carbocycles. The Morgan fingerprint density at radius 2 is 2.07 bits per heavy atom. The van der Waals surface area contributed by atoms with Crippen LogP contribution in [0.2, 0.25) is 10.0 Å². The maximum absolute atomic E-state index is 11.7. The van der Waals surface area contributed by atoms with Gasteiger partial charge in [0.2, 0.25) is 4.77 Å². The van der Waals surface area contributed by atoms with Gasteiger partial charge in [-0.05, 0) is 48.1 Å². The molecule has 1 N–H and O–H groups in total. The second-order valence-electron chi connectivity index (χ2n) is 5.50. The summed E-state index contributed by atoms with van der Waals surface area (Å²) in [5.41, 5.74) is 1.05. The highest BCUT2D eigenvalue weighted by molar-refractivity contribution is 7.71. The molecule has 3 aromatic rings. The standard InChI is InChI=1S/C18H14Cl2N4O3S/c1-26-16-6-11(8-22-24-17(25)9-21-23-18(24)28)2-5-15(16)27-10-12-3-4-13(19)7-14(12)20/h2-9H,10H2,1H3,(H,23,28)/b22-8+. The van der Waals surface area contributed by atoms with Crippen molar-refractivity contribution in [1.29, 1.82) is 0 Å². The van der Waals surface area contributed by atoms with E-state index in [0.29, 0.717) is 27.1 Å². The van der Waals surface area contributed by atoms with E-state index >= 15 is 0 Å². The highest BCUT2D eigenvalue weighted by Crippen LogP contribution is 2.29. The quantitative estimate of drug-likeness (QED) is 0.464. The smallest absolute Gasteiger partial charge is 0.293 e. The fraction of sp³-hybridized carbons (Fsp3) is 0.111. The Labute approximate surface area is 175 Å². The second-order valence-corrected chi connectivity index (χ2v) is 6.73. The molecule has 2 aromatic carbocycles. The zero-order chi connectivity index (χ0) is 20.1. The average Bonchev–Trinajstić information content (AvgIpc) is 2.67. The van der Waals surface area contributed by atoms with Gasteiger partial charge in [0.1, 0.15) is 12.8 Å². The van der Waals surface area contributed by atoms with E-state index in [0.717, 1.165) is 16.4 Å². The zero-order valence-corrected chi connectivity index (χ0v) is 16.9. The largest absolute Gasteiger partial charge is 0.493 e. The summed E-state index contributed by atoms with van der Waals surface area (Å²) in [4.78, 5) is 11.7. The Hall–Kier alpha value is -2.68. The number of aromatic amines is 1. The summed E-state index contributed by atoms with van der Waals surface area (Å²) in [5, 5.41) is 11.3. The van der Waals surface area contributed by atoms with Crippen LogP contribution in [0.5, 0.6) is 11.5 Å². The molecule has 0 saturated heterocycles. The first-order valence-corrected chi connectivity index (χ1v) is 9.10. The molecule has 28 heavy (non-hydrogen) atoms. The maximum Gasteiger partial charge on any atom is 0.293 e. The van der Waals surface area contributed by atoms with Crippen LogP contribution < -0.4 is 15.0 Å². The molecule has 7 nitrogen and oxygen atoms in total. The van der Waals surface area contributed by atoms with E-state index in [1.54, 1.807) is 36.4 Å². The lowest BCUT2D eigenvalue weighted by atomic mass is 10.2. The van der Waals surface area contributed by atoms with Crippen LogP contribution in [0.4, 0.5) is 0 Å². The van der Waals surface area contributed by atoms with Crippen molar-refractivity contribution in [3.05, 3.63) is 78.9 Å². The van der Waals surface area contributed by atoms with Crippen molar-refractivity contribution >= 4 is 41.6 Å². The minimum atomic E-state index is -0.438. The Bertz CT molecular complexity index is 1120. The number of nitrogens with one attached hydrogen (secondary N) is 1. The summed E-state index contributed by atoms with van der Waals surface area (Å²) >= 11 is 17.1. The van der Waals surface area contributed by atoms with Crippen LogP contribution in [0, 0.1) is 4.77 Å². The van der Waals surface area contributed by atoms with Crippen molar-refractivity contribution in [2.24, 2.45) is 5.10 Å². The van der Waals surface area contributed by atoms with E-state index in [4.69, 9.17) is 44.9 Å². The Morgan fingerprint density at radius 3 is 2.79 bits per heavy atom. The number of halogens is 2. The predicted molar refractivity (Wildman–Crippen MR) is 110 cm³/mol. The summed E-state index contributed by atoms with van der Waals surface area (Å²) < 4.78 is 12.3. The topological polar surface area (TPSA) is 81.5 Å². The minimum absolute atomic E-state index is 0.0931. The van der Waals surface area contributed by atoms with Crippen LogP contribution in [0.1, 0.15) is 11.1 Å². The van der Waals surface area contributed by atoms with Crippen LogP contribution in [0.15, 0.2) is 52.5 Å². The molecular formula is C18H14Cl2N4O3S. The monoisotopic (exact) mass is 436 g/mol. The van der Waals surface area contributed by atoms with Gasteiger partial charge in [0.25, 0.3) is 5.56 Å². The second kappa shape index (κ2) is 9.01. The lowest BCUT2D eigenvalue weighted by Crippen LogP contribution is -2.18. The van der Waals surface area contributed by atoms with Gasteiger partial charge in [0.15, 0.2) is 11.5 Å². The van der Waals surface area contributed by atoms with E-state index < -0.39 is 5.56 Å². The maximum atomic E-state index is 11.7. The number of benzene rings is 2. The van der Waals surface area contributed by atoms with Gasteiger partial charge in [-0.25, -0.2) is 0 Å². The van der Waals surface area contributed by atoms with Crippen molar-refractivity contribution in [2.45, 2.75) is 6.61 Å². The van der Waals surface area contributed by atoms with Gasteiger partial charge in [-0.3, -0.25) is 9.89 Å². The molecule has 0 spiro atoms. The highest BCUT2D eigenvalue weighted by atomic mass is 35.5. The molecule has 0 amide bonds. The number of hydrogen-bond acceptors (Lipinski definition) is 6. The fourth-order valence-corrected chi connectivity index (χ4v) is 2.91.